The fourth-order valence-corrected chi connectivity index (χ4v) is 4.32. The molecule has 0 spiro atoms. The highest BCUT2D eigenvalue weighted by atomic mass is 35.5. The number of carbonyl (C=O) groups is 2. The number of hydrogen-bond acceptors (Lipinski definition) is 4. The van der Waals surface area contributed by atoms with Gasteiger partial charge in [0.1, 0.15) is 0 Å². The van der Waals surface area contributed by atoms with Crippen molar-refractivity contribution in [3.05, 3.63) is 29.3 Å². The Labute approximate surface area is 171 Å². The largest absolute Gasteiger partial charge is 0.480 e. The molecule has 2 aliphatic rings. The number of amides is 1. The van der Waals surface area contributed by atoms with E-state index in [0.29, 0.717) is 11.6 Å². The van der Waals surface area contributed by atoms with E-state index in [-0.39, 0.29) is 36.9 Å². The van der Waals surface area contributed by atoms with Crippen LogP contribution in [0, 0.1) is 0 Å². The molecule has 1 aromatic rings. The van der Waals surface area contributed by atoms with Gasteiger partial charge in [0.05, 0.1) is 23.3 Å². The van der Waals surface area contributed by atoms with Crippen molar-refractivity contribution in [2.24, 2.45) is 0 Å². The third-order valence-electron chi connectivity index (χ3n) is 5.50. The van der Waals surface area contributed by atoms with Crippen LogP contribution >= 0.6 is 24.0 Å². The second-order valence-corrected chi connectivity index (χ2v) is 7.58. The predicted octanol–water partition coefficient (Wildman–Crippen LogP) is 2.74. The van der Waals surface area contributed by atoms with E-state index in [1.165, 1.54) is 0 Å². The molecule has 2 heterocycles. The zero-order valence-electron chi connectivity index (χ0n) is 15.5. The zero-order valence-corrected chi connectivity index (χ0v) is 17.1. The van der Waals surface area contributed by atoms with Gasteiger partial charge in [-0.1, -0.05) is 23.7 Å². The van der Waals surface area contributed by atoms with E-state index < -0.39 is 5.97 Å². The van der Waals surface area contributed by atoms with E-state index in [0.717, 1.165) is 44.5 Å². The number of anilines is 1. The van der Waals surface area contributed by atoms with Crippen LogP contribution in [0.25, 0.3) is 0 Å². The lowest BCUT2D eigenvalue weighted by Gasteiger charge is -2.43. The van der Waals surface area contributed by atoms with Gasteiger partial charge >= 0.3 is 5.97 Å². The Balaban J connectivity index is 0.00000261. The quantitative estimate of drug-likeness (QED) is 0.800. The Hall–Kier alpha value is -1.34. The van der Waals surface area contributed by atoms with Crippen molar-refractivity contribution in [3.8, 4) is 0 Å². The minimum atomic E-state index is -0.798. The maximum atomic E-state index is 13.1. The molecule has 1 N–H and O–H groups in total. The average molecular weight is 416 g/mol. The van der Waals surface area contributed by atoms with Gasteiger partial charge in [-0.25, -0.2) is 0 Å². The number of piperidine rings is 2. The second-order valence-electron chi connectivity index (χ2n) is 7.18. The monoisotopic (exact) mass is 415 g/mol. The Morgan fingerprint density at radius 3 is 2.52 bits per heavy atom. The summed E-state index contributed by atoms with van der Waals surface area (Å²) in [7, 11) is 1.86. The van der Waals surface area contributed by atoms with Crippen LogP contribution in [-0.2, 0) is 9.59 Å². The average Bonchev–Trinajstić information content (AvgIpc) is 2.62. The number of benzene rings is 1. The summed E-state index contributed by atoms with van der Waals surface area (Å²) in [5.74, 6) is -0.672. The normalized spacial score (nSPS) is 22.0. The molecule has 0 saturated carbocycles. The zero-order chi connectivity index (χ0) is 18.7. The van der Waals surface area contributed by atoms with Crippen LogP contribution in [-0.4, -0.2) is 72.1 Å². The highest BCUT2D eigenvalue weighted by Gasteiger charge is 2.36. The van der Waals surface area contributed by atoms with Crippen molar-refractivity contribution in [3.63, 3.8) is 0 Å². The lowest BCUT2D eigenvalue weighted by molar-refractivity contribution is -0.138. The van der Waals surface area contributed by atoms with Gasteiger partial charge in [-0.05, 0) is 44.9 Å². The van der Waals surface area contributed by atoms with Crippen LogP contribution in [0.5, 0.6) is 0 Å². The summed E-state index contributed by atoms with van der Waals surface area (Å²) in [6.07, 6.45) is 3.61. The third kappa shape index (κ3) is 5.13. The Kier molecular flexibility index (Phi) is 7.91. The first-order valence-corrected chi connectivity index (χ1v) is 9.57. The molecule has 27 heavy (non-hydrogen) atoms. The maximum absolute atomic E-state index is 13.1. The summed E-state index contributed by atoms with van der Waals surface area (Å²) in [4.78, 5) is 29.9. The van der Waals surface area contributed by atoms with E-state index in [4.69, 9.17) is 16.7 Å². The lowest BCUT2D eigenvalue weighted by atomic mass is 9.97. The number of para-hydroxylation sites is 1. The molecule has 1 aromatic carbocycles. The molecule has 0 radical (unpaired) electrons. The summed E-state index contributed by atoms with van der Waals surface area (Å²) in [5.41, 5.74) is 0.792. The minimum absolute atomic E-state index is 0. The van der Waals surface area contributed by atoms with Gasteiger partial charge in [-0.2, -0.15) is 0 Å². The fourth-order valence-electron chi connectivity index (χ4n) is 4.09. The minimum Gasteiger partial charge on any atom is -0.480 e. The first-order chi connectivity index (χ1) is 12.5. The number of carboxylic acids is 1. The number of aliphatic carboxylic acids is 1. The van der Waals surface area contributed by atoms with Crippen LogP contribution in [0.1, 0.15) is 25.7 Å². The summed E-state index contributed by atoms with van der Waals surface area (Å²) in [6.45, 7) is 2.41. The van der Waals surface area contributed by atoms with Crippen molar-refractivity contribution in [1.82, 2.24) is 9.80 Å². The third-order valence-corrected chi connectivity index (χ3v) is 5.82. The summed E-state index contributed by atoms with van der Waals surface area (Å²) in [5, 5.41) is 9.56. The molecule has 2 aliphatic heterocycles. The Morgan fingerprint density at radius 1 is 1.22 bits per heavy atom. The maximum Gasteiger partial charge on any atom is 0.317 e. The van der Waals surface area contributed by atoms with Gasteiger partial charge in [0.15, 0.2) is 0 Å². The number of rotatable bonds is 5. The van der Waals surface area contributed by atoms with Crippen molar-refractivity contribution >= 4 is 41.6 Å². The van der Waals surface area contributed by atoms with Gasteiger partial charge in [0.2, 0.25) is 5.91 Å². The second kappa shape index (κ2) is 9.73. The molecule has 3 rings (SSSR count). The van der Waals surface area contributed by atoms with Gasteiger partial charge in [0, 0.05) is 25.7 Å². The molecule has 2 saturated heterocycles. The van der Waals surface area contributed by atoms with Gasteiger partial charge in [0.25, 0.3) is 0 Å². The first kappa shape index (κ1) is 22.0. The molecule has 2 fully saturated rings. The van der Waals surface area contributed by atoms with Crippen molar-refractivity contribution in [2.75, 3.05) is 38.1 Å². The van der Waals surface area contributed by atoms with Crippen LogP contribution in [0.2, 0.25) is 5.02 Å². The molecule has 1 atom stereocenters. The van der Waals surface area contributed by atoms with Crippen molar-refractivity contribution in [1.29, 1.82) is 0 Å². The number of likely N-dealkylation sites (tertiary alicyclic amines) is 1. The van der Waals surface area contributed by atoms with Crippen LogP contribution in [0.15, 0.2) is 24.3 Å². The molecule has 150 valence electrons. The molecule has 0 aromatic heterocycles. The molecule has 1 amide bonds. The van der Waals surface area contributed by atoms with Gasteiger partial charge in [-0.3, -0.25) is 19.4 Å². The number of carboxylic acid groups (broad SMARTS) is 1. The first-order valence-electron chi connectivity index (χ1n) is 9.19. The number of carbonyl (C=O) groups excluding carboxylic acids is 1. The molecule has 1 unspecified atom stereocenters. The molecule has 0 bridgehead atoms. The van der Waals surface area contributed by atoms with Crippen LogP contribution < -0.4 is 4.90 Å². The SMILES string of the molecule is CN(CC(=O)O)C1CCN(C2CCCN(c3ccccc3Cl)C2=O)CC1.Cl. The Morgan fingerprint density at radius 2 is 1.89 bits per heavy atom. The molecule has 8 heteroatoms. The van der Waals surface area contributed by atoms with E-state index in [1.54, 1.807) is 0 Å². The highest BCUT2D eigenvalue weighted by molar-refractivity contribution is 6.33. The highest BCUT2D eigenvalue weighted by Crippen LogP contribution is 2.30. The van der Waals surface area contributed by atoms with Crippen LogP contribution in [0.4, 0.5) is 5.69 Å². The standard InChI is InChI=1S/C19H26ClN3O3.ClH/c1-21(13-18(24)25)14-8-11-22(12-9-14)17-7-4-10-23(19(17)26)16-6-3-2-5-15(16)20;/h2-3,5-6,14,17H,4,7-13H2,1H3,(H,24,25);1H. The molecule has 6 nitrogen and oxygen atoms in total. The molecule has 0 aliphatic carbocycles. The molecular weight excluding hydrogens is 389 g/mol. The van der Waals surface area contributed by atoms with Crippen molar-refractivity contribution < 1.29 is 14.7 Å². The van der Waals surface area contributed by atoms with Crippen LogP contribution in [0.3, 0.4) is 0 Å². The predicted molar refractivity (Wildman–Crippen MR) is 109 cm³/mol. The van der Waals surface area contributed by atoms with E-state index in [9.17, 15) is 9.59 Å². The van der Waals surface area contributed by atoms with E-state index in [1.807, 2.05) is 41.1 Å². The smallest absolute Gasteiger partial charge is 0.317 e. The number of likely N-dealkylation sites (N-methyl/N-ethyl adjacent to an activating group) is 1. The van der Waals surface area contributed by atoms with E-state index >= 15 is 0 Å². The number of hydrogen-bond donors (Lipinski definition) is 1. The lowest BCUT2D eigenvalue weighted by Crippen LogP contribution is -2.56. The van der Waals surface area contributed by atoms with E-state index in [2.05, 4.69) is 4.90 Å². The van der Waals surface area contributed by atoms with Gasteiger partial charge in [-0.15, -0.1) is 12.4 Å². The Bertz CT molecular complexity index is 665. The summed E-state index contributed by atoms with van der Waals surface area (Å²) < 4.78 is 0. The number of halogens is 2. The molecular formula is C19H27Cl2N3O3. The topological polar surface area (TPSA) is 64.1 Å². The fraction of sp³-hybridized carbons (Fsp3) is 0.579. The van der Waals surface area contributed by atoms with Gasteiger partial charge < -0.3 is 10.0 Å². The number of nitrogens with zero attached hydrogens (tertiary/aromatic N) is 3. The summed E-state index contributed by atoms with van der Waals surface area (Å²) in [6, 6.07) is 7.65. The summed E-state index contributed by atoms with van der Waals surface area (Å²) >= 11 is 6.29. The van der Waals surface area contributed by atoms with Crippen molar-refractivity contribution in [2.45, 2.75) is 37.8 Å².